The van der Waals surface area contributed by atoms with Crippen LogP contribution in [0.25, 0.3) is 0 Å². The predicted octanol–water partition coefficient (Wildman–Crippen LogP) is -0.156. The Morgan fingerprint density at radius 3 is 2.47 bits per heavy atom. The second kappa shape index (κ2) is 7.62. The van der Waals surface area contributed by atoms with E-state index in [2.05, 4.69) is 4.74 Å². The lowest BCUT2D eigenvalue weighted by Crippen LogP contribution is -2.46. The summed E-state index contributed by atoms with van der Waals surface area (Å²) in [4.78, 5) is 13.1. The summed E-state index contributed by atoms with van der Waals surface area (Å²) in [6, 6.07) is -0.384. The van der Waals surface area contributed by atoms with Crippen LogP contribution in [0.15, 0.2) is 0 Å². The maximum Gasteiger partial charge on any atom is 0.324 e. The molecule has 0 bridgehead atoms. The third-order valence-corrected chi connectivity index (χ3v) is 2.12. The van der Waals surface area contributed by atoms with E-state index in [-0.39, 0.29) is 24.7 Å². The van der Waals surface area contributed by atoms with Gasteiger partial charge in [0.15, 0.2) is 0 Å². The van der Waals surface area contributed by atoms with Gasteiger partial charge >= 0.3 is 5.97 Å². The Balaban J connectivity index is 3.93. The minimum absolute atomic E-state index is 0.202. The Morgan fingerprint density at radius 1 is 1.47 bits per heavy atom. The molecular weight excluding hydrogens is 196 g/mol. The number of hydrogen-bond acceptors (Lipinski definition) is 5. The molecule has 0 fully saturated rings. The van der Waals surface area contributed by atoms with E-state index in [1.165, 1.54) is 7.11 Å². The number of nitrogens with zero attached hydrogens (tertiary/aromatic N) is 1. The number of hydrogen-bond donors (Lipinski definition) is 1. The molecule has 90 valence electrons. The first-order chi connectivity index (χ1) is 7.02. The van der Waals surface area contributed by atoms with Gasteiger partial charge in [0.1, 0.15) is 6.04 Å². The summed E-state index contributed by atoms with van der Waals surface area (Å²) in [5, 5.41) is 0. The van der Waals surface area contributed by atoms with Crippen molar-refractivity contribution in [3.8, 4) is 0 Å². The normalized spacial score (nSPS) is 13.3. The molecule has 0 amide bonds. The average Bonchev–Trinajstić information content (AvgIpc) is 2.18. The summed E-state index contributed by atoms with van der Waals surface area (Å²) in [7, 11) is 3.20. The van der Waals surface area contributed by atoms with Crippen molar-refractivity contribution in [2.24, 2.45) is 5.73 Å². The number of nitrogens with two attached hydrogens (primary N) is 1. The Labute approximate surface area is 91.5 Å². The predicted molar refractivity (Wildman–Crippen MR) is 58.6 cm³/mol. The topological polar surface area (TPSA) is 64.8 Å². The van der Waals surface area contributed by atoms with Gasteiger partial charge in [-0.15, -0.1) is 0 Å². The molecule has 5 heteroatoms. The summed E-state index contributed by atoms with van der Waals surface area (Å²) < 4.78 is 10.0. The van der Waals surface area contributed by atoms with Crippen LogP contribution in [-0.2, 0) is 14.3 Å². The highest BCUT2D eigenvalue weighted by Crippen LogP contribution is 1.98. The minimum atomic E-state index is -0.384. The van der Waals surface area contributed by atoms with Crippen molar-refractivity contribution in [1.82, 2.24) is 4.90 Å². The molecule has 0 aromatic heterocycles. The van der Waals surface area contributed by atoms with E-state index in [0.29, 0.717) is 13.2 Å². The van der Waals surface area contributed by atoms with Crippen molar-refractivity contribution in [3.63, 3.8) is 0 Å². The number of likely N-dealkylation sites (N-methyl/N-ethyl adjacent to an activating group) is 1. The van der Waals surface area contributed by atoms with E-state index in [1.54, 1.807) is 0 Å². The van der Waals surface area contributed by atoms with Crippen molar-refractivity contribution in [2.45, 2.75) is 26.0 Å². The van der Waals surface area contributed by atoms with Gasteiger partial charge in [-0.05, 0) is 20.9 Å². The van der Waals surface area contributed by atoms with Crippen LogP contribution >= 0.6 is 0 Å². The smallest absolute Gasteiger partial charge is 0.324 e. The van der Waals surface area contributed by atoms with Gasteiger partial charge in [0.25, 0.3) is 0 Å². The van der Waals surface area contributed by atoms with Gasteiger partial charge in [-0.3, -0.25) is 9.69 Å². The second-order valence-electron chi connectivity index (χ2n) is 3.67. The lowest BCUT2D eigenvalue weighted by molar-refractivity contribution is -0.146. The van der Waals surface area contributed by atoms with Crippen molar-refractivity contribution >= 4 is 5.97 Å². The third-order valence-electron chi connectivity index (χ3n) is 2.12. The molecule has 0 radical (unpaired) electrons. The molecule has 0 aromatic rings. The Bertz CT molecular complexity index is 186. The summed E-state index contributed by atoms with van der Waals surface area (Å²) in [6.07, 6.45) is 0.202. The molecule has 1 unspecified atom stereocenters. The zero-order valence-electron chi connectivity index (χ0n) is 10.0. The standard InChI is InChI=1S/C10H22N2O3/c1-8(2)15-6-5-12(3)9(7-11)10(13)14-4/h8-9H,5-7,11H2,1-4H3. The Morgan fingerprint density at radius 2 is 2.07 bits per heavy atom. The summed E-state index contributed by atoms with van der Waals surface area (Å²) in [5.74, 6) is -0.301. The number of methoxy groups -OCH3 is 1. The Hall–Kier alpha value is -0.650. The molecule has 0 aliphatic carbocycles. The van der Waals surface area contributed by atoms with Crippen molar-refractivity contribution in [3.05, 3.63) is 0 Å². The van der Waals surface area contributed by atoms with Crippen molar-refractivity contribution in [2.75, 3.05) is 33.9 Å². The van der Waals surface area contributed by atoms with E-state index >= 15 is 0 Å². The van der Waals surface area contributed by atoms with Crippen LogP contribution in [0, 0.1) is 0 Å². The van der Waals surface area contributed by atoms with Crippen LogP contribution in [0.3, 0.4) is 0 Å². The highest BCUT2D eigenvalue weighted by atomic mass is 16.5. The van der Waals surface area contributed by atoms with Gasteiger partial charge in [0.05, 0.1) is 19.8 Å². The van der Waals surface area contributed by atoms with Crippen LogP contribution in [-0.4, -0.2) is 56.9 Å². The van der Waals surface area contributed by atoms with Crippen LogP contribution in [0.1, 0.15) is 13.8 Å². The van der Waals surface area contributed by atoms with Crippen molar-refractivity contribution in [1.29, 1.82) is 0 Å². The van der Waals surface area contributed by atoms with Gasteiger partial charge < -0.3 is 15.2 Å². The lowest BCUT2D eigenvalue weighted by Gasteiger charge is -2.24. The third kappa shape index (κ3) is 5.71. The minimum Gasteiger partial charge on any atom is -0.468 e. The maximum absolute atomic E-state index is 11.3. The highest BCUT2D eigenvalue weighted by molar-refractivity contribution is 5.75. The van der Waals surface area contributed by atoms with E-state index in [9.17, 15) is 4.79 Å². The number of carbonyl (C=O) groups is 1. The van der Waals surface area contributed by atoms with E-state index in [4.69, 9.17) is 10.5 Å². The molecule has 0 aliphatic rings. The number of rotatable bonds is 7. The summed E-state index contributed by atoms with van der Waals surface area (Å²) in [5.41, 5.74) is 5.50. The zero-order valence-corrected chi connectivity index (χ0v) is 10.0. The lowest BCUT2D eigenvalue weighted by atomic mass is 10.2. The molecule has 1 atom stereocenters. The molecule has 0 saturated carbocycles. The molecule has 0 aromatic carbocycles. The van der Waals surface area contributed by atoms with Gasteiger partial charge in [-0.2, -0.15) is 0 Å². The molecule has 2 N–H and O–H groups in total. The quantitative estimate of drug-likeness (QED) is 0.602. The monoisotopic (exact) mass is 218 g/mol. The number of ether oxygens (including phenoxy) is 2. The first-order valence-electron chi connectivity index (χ1n) is 5.12. The van der Waals surface area contributed by atoms with Gasteiger partial charge in [0, 0.05) is 13.1 Å². The SMILES string of the molecule is COC(=O)C(CN)N(C)CCOC(C)C. The summed E-state index contributed by atoms with van der Waals surface area (Å²) in [6.45, 7) is 5.45. The maximum atomic E-state index is 11.3. The van der Waals surface area contributed by atoms with Crippen LogP contribution in [0.5, 0.6) is 0 Å². The first kappa shape index (κ1) is 14.3. The molecule has 0 heterocycles. The van der Waals surface area contributed by atoms with Gasteiger partial charge in [-0.1, -0.05) is 0 Å². The fourth-order valence-corrected chi connectivity index (χ4v) is 1.18. The molecule has 0 spiro atoms. The molecule has 0 rings (SSSR count). The van der Waals surface area contributed by atoms with Gasteiger partial charge in [0.2, 0.25) is 0 Å². The number of esters is 1. The largest absolute Gasteiger partial charge is 0.468 e. The van der Waals surface area contributed by atoms with Gasteiger partial charge in [-0.25, -0.2) is 0 Å². The molecule has 15 heavy (non-hydrogen) atoms. The first-order valence-corrected chi connectivity index (χ1v) is 5.12. The molecule has 5 nitrogen and oxygen atoms in total. The van der Waals surface area contributed by atoms with E-state index in [0.717, 1.165) is 0 Å². The fraction of sp³-hybridized carbons (Fsp3) is 0.900. The van der Waals surface area contributed by atoms with E-state index < -0.39 is 0 Å². The zero-order chi connectivity index (χ0) is 11.8. The van der Waals surface area contributed by atoms with Crippen LogP contribution in [0.4, 0.5) is 0 Å². The molecule has 0 saturated heterocycles. The highest BCUT2D eigenvalue weighted by Gasteiger charge is 2.21. The molecular formula is C10H22N2O3. The fourth-order valence-electron chi connectivity index (χ4n) is 1.18. The van der Waals surface area contributed by atoms with Crippen LogP contribution in [0.2, 0.25) is 0 Å². The number of carbonyl (C=O) groups excluding carboxylic acids is 1. The average molecular weight is 218 g/mol. The van der Waals surface area contributed by atoms with Crippen molar-refractivity contribution < 1.29 is 14.3 Å². The second-order valence-corrected chi connectivity index (χ2v) is 3.67. The van der Waals surface area contributed by atoms with E-state index in [1.807, 2.05) is 25.8 Å². The molecule has 0 aliphatic heterocycles. The Kier molecular flexibility index (Phi) is 7.29. The van der Waals surface area contributed by atoms with Crippen LogP contribution < -0.4 is 5.73 Å². The summed E-state index contributed by atoms with van der Waals surface area (Å²) >= 11 is 0.